The third-order valence-electron chi connectivity index (χ3n) is 2.10. The first-order chi connectivity index (χ1) is 4.79. The Kier molecular flexibility index (Phi) is 2.09. The van der Waals surface area contributed by atoms with Crippen molar-refractivity contribution in [2.75, 3.05) is 5.73 Å². The van der Waals surface area contributed by atoms with Gasteiger partial charge in [0, 0.05) is 12.2 Å². The maximum atomic E-state index is 5.64. The molecule has 2 N–H and O–H groups in total. The fraction of sp³-hybridized carbons (Fsp3) is 0.571. The fourth-order valence-corrected chi connectivity index (χ4v) is 1.60. The van der Waals surface area contributed by atoms with Crippen molar-refractivity contribution >= 4 is 18.4 Å². The van der Waals surface area contributed by atoms with E-state index in [-0.39, 0.29) is 12.4 Å². The molecule has 2 rings (SSSR count). The summed E-state index contributed by atoms with van der Waals surface area (Å²) in [5.41, 5.74) is 8.08. The maximum Gasteiger partial charge on any atom is 0.200 e. The number of hydrogen-bond donors (Lipinski definition) is 1. The van der Waals surface area contributed by atoms with Crippen LogP contribution in [0, 0.1) is 6.92 Å². The van der Waals surface area contributed by atoms with Crippen LogP contribution in [0.1, 0.15) is 17.8 Å². The van der Waals surface area contributed by atoms with E-state index < -0.39 is 0 Å². The molecule has 11 heavy (non-hydrogen) atoms. The van der Waals surface area contributed by atoms with Gasteiger partial charge in [-0.2, -0.15) is 0 Å². The Morgan fingerprint density at radius 1 is 1.55 bits per heavy atom. The van der Waals surface area contributed by atoms with E-state index in [2.05, 4.69) is 9.55 Å². The molecule has 0 aromatic carbocycles. The van der Waals surface area contributed by atoms with Crippen LogP contribution in [0.15, 0.2) is 0 Å². The minimum Gasteiger partial charge on any atom is -0.369 e. The summed E-state index contributed by atoms with van der Waals surface area (Å²) in [6.45, 7) is 3.08. The molecule has 1 aliphatic rings. The summed E-state index contributed by atoms with van der Waals surface area (Å²) in [6, 6.07) is 0. The van der Waals surface area contributed by atoms with Crippen LogP contribution < -0.4 is 5.73 Å². The van der Waals surface area contributed by atoms with Gasteiger partial charge in [-0.3, -0.25) is 0 Å². The van der Waals surface area contributed by atoms with Crippen molar-refractivity contribution in [3.8, 4) is 0 Å². The summed E-state index contributed by atoms with van der Waals surface area (Å²) in [7, 11) is 0. The lowest BCUT2D eigenvalue weighted by molar-refractivity contribution is 0.752. The summed E-state index contributed by atoms with van der Waals surface area (Å²) in [6.07, 6.45) is 2.37. The number of rotatable bonds is 0. The molecule has 0 spiro atoms. The average Bonchev–Trinajstić information content (AvgIpc) is 2.39. The predicted octanol–water partition coefficient (Wildman–Crippen LogP) is 1.14. The van der Waals surface area contributed by atoms with E-state index in [1.807, 2.05) is 6.92 Å². The molecule has 1 aliphatic heterocycles. The van der Waals surface area contributed by atoms with E-state index in [9.17, 15) is 0 Å². The van der Waals surface area contributed by atoms with Crippen LogP contribution >= 0.6 is 12.4 Å². The lowest BCUT2D eigenvalue weighted by Gasteiger charge is -1.95. The highest BCUT2D eigenvalue weighted by Gasteiger charge is 2.16. The Labute approximate surface area is 72.0 Å². The van der Waals surface area contributed by atoms with E-state index in [0.717, 1.165) is 18.7 Å². The number of aryl methyl sites for hydroxylation is 1. The number of imidazole rings is 1. The lowest BCUT2D eigenvalue weighted by atomic mass is 10.2. The molecule has 4 heteroatoms. The van der Waals surface area contributed by atoms with E-state index >= 15 is 0 Å². The van der Waals surface area contributed by atoms with Gasteiger partial charge in [0.05, 0.1) is 5.69 Å². The molecule has 0 radical (unpaired) electrons. The zero-order valence-corrected chi connectivity index (χ0v) is 7.32. The Hall–Kier alpha value is -0.700. The molecule has 0 atom stereocenters. The molecule has 62 valence electrons. The molecule has 2 heterocycles. The van der Waals surface area contributed by atoms with Gasteiger partial charge in [-0.25, -0.2) is 4.98 Å². The Morgan fingerprint density at radius 3 is 2.91 bits per heavy atom. The van der Waals surface area contributed by atoms with Crippen molar-refractivity contribution in [2.24, 2.45) is 0 Å². The molecule has 0 aliphatic carbocycles. The molecule has 1 aromatic rings. The van der Waals surface area contributed by atoms with E-state index in [1.54, 1.807) is 0 Å². The number of aromatic nitrogens is 2. The van der Waals surface area contributed by atoms with Crippen molar-refractivity contribution in [1.29, 1.82) is 0 Å². The van der Waals surface area contributed by atoms with Crippen LogP contribution in [0.5, 0.6) is 0 Å². The van der Waals surface area contributed by atoms with Gasteiger partial charge in [0.1, 0.15) is 0 Å². The molecule has 0 saturated heterocycles. The standard InChI is InChI=1S/C7H11N3.ClH/c1-5-6-3-2-4-10(6)7(8)9-5;/h2-4H2,1H3,(H2,8,9);1H. The van der Waals surface area contributed by atoms with Crippen molar-refractivity contribution < 1.29 is 0 Å². The summed E-state index contributed by atoms with van der Waals surface area (Å²) in [5, 5.41) is 0. The van der Waals surface area contributed by atoms with Gasteiger partial charge in [0.25, 0.3) is 0 Å². The molecule has 0 fully saturated rings. The normalized spacial score (nSPS) is 14.3. The summed E-state index contributed by atoms with van der Waals surface area (Å²) in [5.74, 6) is 0.685. The molecular weight excluding hydrogens is 162 g/mol. The average molecular weight is 174 g/mol. The van der Waals surface area contributed by atoms with Crippen LogP contribution in [0.2, 0.25) is 0 Å². The van der Waals surface area contributed by atoms with Crippen molar-refractivity contribution in [3.63, 3.8) is 0 Å². The molecular formula is C7H12ClN3. The Bertz CT molecular complexity index is 242. The fourth-order valence-electron chi connectivity index (χ4n) is 1.60. The SMILES string of the molecule is Cc1nc(N)n2c1CCC2.Cl. The van der Waals surface area contributed by atoms with Crippen LogP contribution in [0.25, 0.3) is 0 Å². The third kappa shape index (κ3) is 1.09. The molecule has 1 aromatic heterocycles. The van der Waals surface area contributed by atoms with Crippen molar-refractivity contribution in [3.05, 3.63) is 11.4 Å². The van der Waals surface area contributed by atoms with Gasteiger partial charge in [0.2, 0.25) is 5.95 Å². The second kappa shape index (κ2) is 2.74. The number of nitrogens with zero attached hydrogens (tertiary/aromatic N) is 2. The van der Waals surface area contributed by atoms with E-state index in [1.165, 1.54) is 12.1 Å². The molecule has 0 bridgehead atoms. The minimum atomic E-state index is 0. The zero-order chi connectivity index (χ0) is 7.14. The largest absolute Gasteiger partial charge is 0.369 e. The first kappa shape index (κ1) is 8.40. The van der Waals surface area contributed by atoms with Gasteiger partial charge in [0.15, 0.2) is 0 Å². The first-order valence-electron chi connectivity index (χ1n) is 3.60. The minimum absolute atomic E-state index is 0. The topological polar surface area (TPSA) is 43.8 Å². The van der Waals surface area contributed by atoms with Gasteiger partial charge in [-0.15, -0.1) is 12.4 Å². The second-order valence-corrected chi connectivity index (χ2v) is 2.76. The summed E-state index contributed by atoms with van der Waals surface area (Å²) >= 11 is 0. The van der Waals surface area contributed by atoms with Crippen LogP contribution in [-0.2, 0) is 13.0 Å². The number of halogens is 1. The molecule has 3 nitrogen and oxygen atoms in total. The van der Waals surface area contributed by atoms with Crippen LogP contribution in [-0.4, -0.2) is 9.55 Å². The lowest BCUT2D eigenvalue weighted by Crippen LogP contribution is -1.99. The maximum absolute atomic E-state index is 5.64. The summed E-state index contributed by atoms with van der Waals surface area (Å²) in [4.78, 5) is 4.17. The third-order valence-corrected chi connectivity index (χ3v) is 2.10. The highest BCUT2D eigenvalue weighted by molar-refractivity contribution is 5.85. The molecule has 0 amide bonds. The zero-order valence-electron chi connectivity index (χ0n) is 6.50. The van der Waals surface area contributed by atoms with Gasteiger partial charge >= 0.3 is 0 Å². The second-order valence-electron chi connectivity index (χ2n) is 2.76. The molecule has 0 unspecified atom stereocenters. The number of nitrogen functional groups attached to an aromatic ring is 1. The van der Waals surface area contributed by atoms with Crippen LogP contribution in [0.3, 0.4) is 0 Å². The quantitative estimate of drug-likeness (QED) is 0.640. The van der Waals surface area contributed by atoms with Gasteiger partial charge < -0.3 is 10.3 Å². The van der Waals surface area contributed by atoms with Gasteiger partial charge in [-0.05, 0) is 19.8 Å². The Morgan fingerprint density at radius 2 is 2.27 bits per heavy atom. The first-order valence-corrected chi connectivity index (χ1v) is 3.60. The van der Waals surface area contributed by atoms with Crippen molar-refractivity contribution in [1.82, 2.24) is 9.55 Å². The molecule has 0 saturated carbocycles. The predicted molar refractivity (Wildman–Crippen MR) is 46.9 cm³/mol. The Balaban J connectivity index is 0.000000605. The highest BCUT2D eigenvalue weighted by atomic mass is 35.5. The highest BCUT2D eigenvalue weighted by Crippen LogP contribution is 2.21. The van der Waals surface area contributed by atoms with Crippen molar-refractivity contribution in [2.45, 2.75) is 26.3 Å². The smallest absolute Gasteiger partial charge is 0.200 e. The van der Waals surface area contributed by atoms with Crippen LogP contribution in [0.4, 0.5) is 5.95 Å². The number of nitrogens with two attached hydrogens (primary N) is 1. The number of anilines is 1. The number of fused-ring (bicyclic) bond motifs is 1. The summed E-state index contributed by atoms with van der Waals surface area (Å²) < 4.78 is 2.11. The van der Waals surface area contributed by atoms with Gasteiger partial charge in [-0.1, -0.05) is 0 Å². The number of hydrogen-bond acceptors (Lipinski definition) is 2. The monoisotopic (exact) mass is 173 g/mol. The van der Waals surface area contributed by atoms with E-state index in [4.69, 9.17) is 5.73 Å². The van der Waals surface area contributed by atoms with E-state index in [0.29, 0.717) is 5.95 Å².